The number of thioether (sulfide) groups is 1. The smallest absolute Gasteiger partial charge is 0.236 e. The van der Waals surface area contributed by atoms with E-state index < -0.39 is 0 Å². The van der Waals surface area contributed by atoms with Crippen molar-refractivity contribution >= 4 is 17.7 Å². The highest BCUT2D eigenvalue weighted by Gasteiger charge is 2.25. The van der Waals surface area contributed by atoms with Crippen LogP contribution in [-0.4, -0.2) is 34.9 Å². The molecule has 1 saturated heterocycles. The third kappa shape index (κ3) is 2.95. The quantitative estimate of drug-likeness (QED) is 0.663. The molecule has 78 valence electrons. The van der Waals surface area contributed by atoms with E-state index in [1.807, 2.05) is 6.92 Å². The Morgan fingerprint density at radius 1 is 1.64 bits per heavy atom. The molecule has 1 unspecified atom stereocenters. The van der Waals surface area contributed by atoms with Crippen LogP contribution in [0.5, 0.6) is 0 Å². The van der Waals surface area contributed by atoms with E-state index in [1.165, 1.54) is 12.8 Å². The number of amides is 1. The summed E-state index contributed by atoms with van der Waals surface area (Å²) in [7, 11) is 0. The van der Waals surface area contributed by atoms with Crippen molar-refractivity contribution in [3.05, 3.63) is 0 Å². The van der Waals surface area contributed by atoms with Crippen molar-refractivity contribution in [1.29, 1.82) is 0 Å². The third-order valence-electron chi connectivity index (χ3n) is 2.43. The Labute approximate surface area is 90.4 Å². The lowest BCUT2D eigenvalue weighted by molar-refractivity contribution is -0.130. The van der Waals surface area contributed by atoms with E-state index in [2.05, 4.69) is 5.92 Å². The lowest BCUT2D eigenvalue weighted by Gasteiger charge is -2.26. The number of rotatable bonds is 3. The van der Waals surface area contributed by atoms with E-state index in [1.54, 1.807) is 16.7 Å². The van der Waals surface area contributed by atoms with Gasteiger partial charge in [0.2, 0.25) is 5.91 Å². The van der Waals surface area contributed by atoms with Gasteiger partial charge in [0.05, 0.1) is 11.8 Å². The van der Waals surface area contributed by atoms with Crippen LogP contribution in [0.1, 0.15) is 26.2 Å². The highest BCUT2D eigenvalue weighted by atomic mass is 32.2. The van der Waals surface area contributed by atoms with Gasteiger partial charge in [0, 0.05) is 6.54 Å². The molecule has 3 heteroatoms. The summed E-state index contributed by atoms with van der Waals surface area (Å²) in [4.78, 5) is 13.7. The van der Waals surface area contributed by atoms with Crippen LogP contribution in [0.3, 0.4) is 0 Å². The second-order valence-corrected chi connectivity index (χ2v) is 4.72. The number of terminal acetylenes is 1. The van der Waals surface area contributed by atoms with Crippen molar-refractivity contribution < 1.29 is 4.79 Å². The molecule has 1 atom stereocenters. The summed E-state index contributed by atoms with van der Waals surface area (Å²) in [5.74, 6) is 3.88. The zero-order chi connectivity index (χ0) is 10.4. The molecule has 1 fully saturated rings. The van der Waals surface area contributed by atoms with Crippen molar-refractivity contribution in [1.82, 2.24) is 4.90 Å². The van der Waals surface area contributed by atoms with E-state index in [4.69, 9.17) is 6.42 Å². The highest BCUT2D eigenvalue weighted by molar-refractivity contribution is 8.00. The minimum absolute atomic E-state index is 0.164. The molecule has 0 aromatic carbocycles. The summed E-state index contributed by atoms with van der Waals surface area (Å²) in [6.07, 6.45) is 8.66. The molecule has 0 N–H and O–H groups in total. The molecule has 1 rings (SSSR count). The first kappa shape index (κ1) is 11.5. The molecule has 0 spiro atoms. The molecular weight excluding hydrogens is 194 g/mol. The molecule has 1 heterocycles. The lowest BCUT2D eigenvalue weighted by Crippen LogP contribution is -2.38. The summed E-state index contributed by atoms with van der Waals surface area (Å²) < 4.78 is 0. The molecule has 14 heavy (non-hydrogen) atoms. The molecule has 0 aromatic heterocycles. The first-order valence-electron chi connectivity index (χ1n) is 5.13. The van der Waals surface area contributed by atoms with Gasteiger partial charge in [0.25, 0.3) is 0 Å². The van der Waals surface area contributed by atoms with Gasteiger partial charge >= 0.3 is 0 Å². The normalized spacial score (nSPS) is 21.3. The van der Waals surface area contributed by atoms with Gasteiger partial charge in [-0.2, -0.15) is 0 Å². The van der Waals surface area contributed by atoms with Gasteiger partial charge in [-0.25, -0.2) is 0 Å². The maximum Gasteiger partial charge on any atom is 0.236 e. The van der Waals surface area contributed by atoms with Gasteiger partial charge in [-0.05, 0) is 25.5 Å². The monoisotopic (exact) mass is 211 g/mol. The minimum atomic E-state index is 0.164. The Morgan fingerprint density at radius 2 is 2.43 bits per heavy atom. The fraction of sp³-hybridized carbons (Fsp3) is 0.727. The van der Waals surface area contributed by atoms with Crippen molar-refractivity contribution in [2.75, 3.05) is 18.8 Å². The van der Waals surface area contributed by atoms with E-state index in [-0.39, 0.29) is 11.2 Å². The number of carbonyl (C=O) groups excluding carboxylic acids is 1. The molecule has 0 radical (unpaired) electrons. The number of hydrogen-bond donors (Lipinski definition) is 0. The number of carbonyl (C=O) groups is 1. The average molecular weight is 211 g/mol. The van der Waals surface area contributed by atoms with Crippen molar-refractivity contribution in [2.24, 2.45) is 0 Å². The Bertz CT molecular complexity index is 228. The third-order valence-corrected chi connectivity index (χ3v) is 3.79. The Kier molecular flexibility index (Phi) is 4.89. The fourth-order valence-electron chi connectivity index (χ4n) is 1.59. The van der Waals surface area contributed by atoms with Crippen LogP contribution in [0.4, 0.5) is 0 Å². The molecule has 0 saturated carbocycles. The second-order valence-electron chi connectivity index (χ2n) is 3.41. The molecule has 1 aliphatic heterocycles. The Balaban J connectivity index is 2.48. The fourth-order valence-corrected chi connectivity index (χ4v) is 2.88. The van der Waals surface area contributed by atoms with Crippen molar-refractivity contribution in [3.63, 3.8) is 0 Å². The summed E-state index contributed by atoms with van der Waals surface area (Å²) in [5.41, 5.74) is 0. The first-order chi connectivity index (χ1) is 6.79. The van der Waals surface area contributed by atoms with Crippen LogP contribution in [-0.2, 0) is 4.79 Å². The first-order valence-corrected chi connectivity index (χ1v) is 6.18. The van der Waals surface area contributed by atoms with Gasteiger partial charge in [-0.1, -0.05) is 12.3 Å². The lowest BCUT2D eigenvalue weighted by atomic mass is 10.1. The van der Waals surface area contributed by atoms with Crippen LogP contribution in [0, 0.1) is 12.3 Å². The summed E-state index contributed by atoms with van der Waals surface area (Å²) >= 11 is 1.78. The molecule has 0 aromatic rings. The summed E-state index contributed by atoms with van der Waals surface area (Å²) in [6, 6.07) is 0. The summed E-state index contributed by atoms with van der Waals surface area (Å²) in [5, 5.41) is 0.164. The molecule has 0 aliphatic carbocycles. The Morgan fingerprint density at radius 3 is 2.93 bits per heavy atom. The molecule has 1 aliphatic rings. The number of hydrogen-bond acceptors (Lipinski definition) is 2. The topological polar surface area (TPSA) is 20.3 Å². The maximum atomic E-state index is 11.9. The van der Waals surface area contributed by atoms with E-state index in [0.29, 0.717) is 6.54 Å². The van der Waals surface area contributed by atoms with Crippen molar-refractivity contribution in [2.45, 2.75) is 31.4 Å². The van der Waals surface area contributed by atoms with Crippen LogP contribution in [0.2, 0.25) is 0 Å². The zero-order valence-electron chi connectivity index (χ0n) is 8.66. The Hall–Kier alpha value is -0.620. The standard InChI is InChI=1S/C11H17NOS/c1-3-8-12(4-2)11(13)10-7-5-6-9-14-10/h1,10H,4-9H2,2H3. The summed E-state index contributed by atoms with van der Waals surface area (Å²) in [6.45, 7) is 3.15. The highest BCUT2D eigenvalue weighted by Crippen LogP contribution is 2.26. The van der Waals surface area contributed by atoms with Crippen LogP contribution in [0.15, 0.2) is 0 Å². The minimum Gasteiger partial charge on any atom is -0.331 e. The van der Waals surface area contributed by atoms with Gasteiger partial charge in [-0.15, -0.1) is 18.2 Å². The largest absolute Gasteiger partial charge is 0.331 e. The number of nitrogens with zero attached hydrogens (tertiary/aromatic N) is 1. The van der Waals surface area contributed by atoms with E-state index >= 15 is 0 Å². The van der Waals surface area contributed by atoms with Gasteiger partial charge in [-0.3, -0.25) is 4.79 Å². The second kappa shape index (κ2) is 5.98. The van der Waals surface area contributed by atoms with Crippen LogP contribution >= 0.6 is 11.8 Å². The predicted octanol–water partition coefficient (Wildman–Crippen LogP) is 1.75. The van der Waals surface area contributed by atoms with E-state index in [9.17, 15) is 4.79 Å². The SMILES string of the molecule is C#CCN(CC)C(=O)C1CCCCS1. The van der Waals surface area contributed by atoms with E-state index in [0.717, 1.165) is 18.7 Å². The van der Waals surface area contributed by atoms with Crippen molar-refractivity contribution in [3.8, 4) is 12.3 Å². The molecule has 0 bridgehead atoms. The molecule has 1 amide bonds. The molecular formula is C11H17NOS. The average Bonchev–Trinajstić information content (AvgIpc) is 2.26. The zero-order valence-corrected chi connectivity index (χ0v) is 9.48. The van der Waals surface area contributed by atoms with Gasteiger partial charge in [0.15, 0.2) is 0 Å². The van der Waals surface area contributed by atoms with Crippen LogP contribution < -0.4 is 0 Å². The maximum absolute atomic E-state index is 11.9. The van der Waals surface area contributed by atoms with Gasteiger partial charge in [0.1, 0.15) is 0 Å². The van der Waals surface area contributed by atoms with Gasteiger partial charge < -0.3 is 4.90 Å². The molecule has 2 nitrogen and oxygen atoms in total. The van der Waals surface area contributed by atoms with Crippen LogP contribution in [0.25, 0.3) is 0 Å². The predicted molar refractivity (Wildman–Crippen MR) is 61.2 cm³/mol.